The van der Waals surface area contributed by atoms with Crippen molar-refractivity contribution in [1.29, 1.82) is 0 Å². The van der Waals surface area contributed by atoms with Crippen molar-refractivity contribution < 1.29 is 26.4 Å². The fourth-order valence-corrected chi connectivity index (χ4v) is 4.94. The third kappa shape index (κ3) is 6.89. The summed E-state index contributed by atoms with van der Waals surface area (Å²) in [6.45, 7) is 0.829. The largest absolute Gasteiger partial charge is 0.416 e. The van der Waals surface area contributed by atoms with E-state index in [2.05, 4.69) is 5.32 Å². The van der Waals surface area contributed by atoms with Gasteiger partial charge < -0.3 is 5.32 Å². The second-order valence-electron chi connectivity index (χ2n) is 7.58. The number of nitrogens with zero attached hydrogens (tertiary/aromatic N) is 1. The minimum atomic E-state index is -4.65. The zero-order valence-electron chi connectivity index (χ0n) is 18.0. The molecule has 35 heavy (non-hydrogen) atoms. The van der Waals surface area contributed by atoms with E-state index in [1.807, 2.05) is 0 Å². The number of sulfonamides is 1. The summed E-state index contributed by atoms with van der Waals surface area (Å²) in [6.07, 6.45) is -4.65. The van der Waals surface area contributed by atoms with Gasteiger partial charge in [-0.3, -0.25) is 4.79 Å². The second-order valence-corrected chi connectivity index (χ2v) is 10.7. The topological polar surface area (TPSA) is 66.5 Å². The van der Waals surface area contributed by atoms with Crippen LogP contribution in [0.15, 0.2) is 65.6 Å². The molecule has 3 aromatic rings. The maximum absolute atomic E-state index is 13.4. The van der Waals surface area contributed by atoms with Crippen molar-refractivity contribution in [2.75, 3.05) is 11.9 Å². The highest BCUT2D eigenvalue weighted by atomic mass is 35.5. The summed E-state index contributed by atoms with van der Waals surface area (Å²) >= 11 is 17.9. The van der Waals surface area contributed by atoms with Crippen LogP contribution in [-0.2, 0) is 27.5 Å². The molecule has 0 atom stereocenters. The Morgan fingerprint density at radius 2 is 1.54 bits per heavy atom. The highest BCUT2D eigenvalue weighted by molar-refractivity contribution is 7.89. The minimum Gasteiger partial charge on any atom is -0.324 e. The summed E-state index contributed by atoms with van der Waals surface area (Å²) in [6, 6.07) is 12.9. The van der Waals surface area contributed by atoms with Gasteiger partial charge in [-0.1, -0.05) is 58.6 Å². The van der Waals surface area contributed by atoms with Crippen LogP contribution in [0.4, 0.5) is 18.9 Å². The number of hydrogen-bond donors (Lipinski definition) is 1. The molecule has 3 aromatic carbocycles. The molecule has 5 nitrogen and oxygen atoms in total. The Morgan fingerprint density at radius 1 is 0.914 bits per heavy atom. The standard InChI is InChI=1S/C23H18Cl3F3N2O3S/c1-14-2-6-17(7-3-14)35(33,34)31(12-15-4-8-18(24)20(26)10-15)13-22(32)30-21-11-16(23(27,28)29)5-9-19(21)25/h2-11H,12-13H2,1H3,(H,30,32). The van der Waals surface area contributed by atoms with Gasteiger partial charge in [0, 0.05) is 6.54 Å². The van der Waals surface area contributed by atoms with E-state index < -0.39 is 34.2 Å². The van der Waals surface area contributed by atoms with E-state index in [0.717, 1.165) is 22.0 Å². The quantitative estimate of drug-likeness (QED) is 0.342. The van der Waals surface area contributed by atoms with Crippen LogP contribution in [0.3, 0.4) is 0 Å². The molecule has 0 aliphatic rings. The van der Waals surface area contributed by atoms with Crippen molar-refractivity contribution in [3.8, 4) is 0 Å². The number of rotatable bonds is 7. The van der Waals surface area contributed by atoms with Crippen LogP contribution in [0, 0.1) is 6.92 Å². The Morgan fingerprint density at radius 3 is 2.14 bits per heavy atom. The molecule has 0 radical (unpaired) electrons. The van der Waals surface area contributed by atoms with Crippen LogP contribution in [0.2, 0.25) is 15.1 Å². The first-order valence-electron chi connectivity index (χ1n) is 9.95. The molecule has 0 heterocycles. The normalized spacial score (nSPS) is 12.1. The smallest absolute Gasteiger partial charge is 0.324 e. The number of aryl methyl sites for hydroxylation is 1. The van der Waals surface area contributed by atoms with Crippen molar-refractivity contribution in [1.82, 2.24) is 4.31 Å². The number of carbonyl (C=O) groups excluding carboxylic acids is 1. The van der Waals surface area contributed by atoms with Crippen molar-refractivity contribution in [3.63, 3.8) is 0 Å². The summed E-state index contributed by atoms with van der Waals surface area (Å²) in [5.74, 6) is -0.887. The lowest BCUT2D eigenvalue weighted by Gasteiger charge is -2.22. The van der Waals surface area contributed by atoms with Crippen LogP contribution in [0.5, 0.6) is 0 Å². The molecule has 0 aliphatic carbocycles. The van der Waals surface area contributed by atoms with Gasteiger partial charge in [-0.2, -0.15) is 17.5 Å². The van der Waals surface area contributed by atoms with Crippen molar-refractivity contribution in [2.24, 2.45) is 0 Å². The summed E-state index contributed by atoms with van der Waals surface area (Å²) in [7, 11) is -4.18. The lowest BCUT2D eigenvalue weighted by Crippen LogP contribution is -2.37. The Bertz CT molecular complexity index is 1350. The molecule has 0 fully saturated rings. The second kappa shape index (κ2) is 10.8. The first-order valence-corrected chi connectivity index (χ1v) is 12.5. The van der Waals surface area contributed by atoms with E-state index in [4.69, 9.17) is 34.8 Å². The number of benzene rings is 3. The van der Waals surface area contributed by atoms with Gasteiger partial charge in [-0.15, -0.1) is 0 Å². The molecule has 0 aromatic heterocycles. The maximum Gasteiger partial charge on any atom is 0.416 e. The fourth-order valence-electron chi connectivity index (χ4n) is 3.07. The summed E-state index contributed by atoms with van der Waals surface area (Å²) in [5, 5.41) is 2.59. The van der Waals surface area contributed by atoms with Crippen LogP contribution < -0.4 is 5.32 Å². The zero-order chi connectivity index (χ0) is 26.0. The fraction of sp³-hybridized carbons (Fsp3) is 0.174. The number of hydrogen-bond acceptors (Lipinski definition) is 3. The van der Waals surface area contributed by atoms with Gasteiger partial charge in [0.25, 0.3) is 0 Å². The molecule has 12 heteroatoms. The van der Waals surface area contributed by atoms with Gasteiger partial charge >= 0.3 is 6.18 Å². The van der Waals surface area contributed by atoms with Crippen LogP contribution >= 0.6 is 34.8 Å². The van der Waals surface area contributed by atoms with E-state index in [1.54, 1.807) is 25.1 Å². The first kappa shape index (κ1) is 27.3. The number of carbonyl (C=O) groups is 1. The Kier molecular flexibility index (Phi) is 8.39. The highest BCUT2D eigenvalue weighted by Crippen LogP contribution is 2.34. The van der Waals surface area contributed by atoms with Crippen LogP contribution in [0.25, 0.3) is 0 Å². The number of amides is 1. The average Bonchev–Trinajstić information content (AvgIpc) is 2.77. The predicted molar refractivity (Wildman–Crippen MR) is 130 cm³/mol. The maximum atomic E-state index is 13.4. The number of nitrogens with one attached hydrogen (secondary N) is 1. The molecule has 186 valence electrons. The molecule has 1 N–H and O–H groups in total. The number of alkyl halides is 3. The summed E-state index contributed by atoms with van der Waals surface area (Å²) in [5.41, 5.74) is -0.0391. The third-order valence-electron chi connectivity index (χ3n) is 4.89. The third-order valence-corrected chi connectivity index (χ3v) is 7.76. The van der Waals surface area contributed by atoms with Gasteiger partial charge in [0.2, 0.25) is 15.9 Å². The van der Waals surface area contributed by atoms with Gasteiger partial charge in [0.05, 0.1) is 37.8 Å². The van der Waals surface area contributed by atoms with Crippen LogP contribution in [0.1, 0.15) is 16.7 Å². The van der Waals surface area contributed by atoms with E-state index in [1.165, 1.54) is 24.3 Å². The molecular weight excluding hydrogens is 548 g/mol. The van der Waals surface area contributed by atoms with Crippen molar-refractivity contribution in [2.45, 2.75) is 24.5 Å². The predicted octanol–water partition coefficient (Wildman–Crippen LogP) is 6.80. The summed E-state index contributed by atoms with van der Waals surface area (Å²) < 4.78 is 66.8. The molecule has 1 amide bonds. The zero-order valence-corrected chi connectivity index (χ0v) is 21.1. The number of halogens is 6. The van der Waals surface area contributed by atoms with Gasteiger partial charge in [0.1, 0.15) is 0 Å². The van der Waals surface area contributed by atoms with E-state index in [0.29, 0.717) is 11.6 Å². The molecule has 3 rings (SSSR count). The van der Waals surface area contributed by atoms with Gasteiger partial charge in [-0.25, -0.2) is 8.42 Å². The molecule has 0 saturated carbocycles. The lowest BCUT2D eigenvalue weighted by atomic mass is 10.2. The molecule has 0 bridgehead atoms. The molecule has 0 saturated heterocycles. The monoisotopic (exact) mass is 564 g/mol. The highest BCUT2D eigenvalue weighted by Gasteiger charge is 2.32. The lowest BCUT2D eigenvalue weighted by molar-refractivity contribution is -0.137. The summed E-state index contributed by atoms with van der Waals surface area (Å²) in [4.78, 5) is 12.7. The molecule has 0 spiro atoms. The minimum absolute atomic E-state index is 0.0620. The molecule has 0 aliphatic heterocycles. The Labute approximate surface area is 215 Å². The van der Waals surface area contributed by atoms with Crippen LogP contribution in [-0.4, -0.2) is 25.2 Å². The Hall–Kier alpha value is -2.30. The van der Waals surface area contributed by atoms with E-state index in [-0.39, 0.29) is 32.2 Å². The van der Waals surface area contributed by atoms with Crippen molar-refractivity contribution >= 4 is 56.4 Å². The number of anilines is 1. The van der Waals surface area contributed by atoms with E-state index >= 15 is 0 Å². The SMILES string of the molecule is Cc1ccc(S(=O)(=O)N(CC(=O)Nc2cc(C(F)(F)F)ccc2Cl)Cc2ccc(Cl)c(Cl)c2)cc1. The van der Waals surface area contributed by atoms with Gasteiger partial charge in [-0.05, 0) is 55.0 Å². The molecule has 0 unspecified atom stereocenters. The molecular formula is C23H18Cl3F3N2O3S. The van der Waals surface area contributed by atoms with Gasteiger partial charge in [0.15, 0.2) is 0 Å². The first-order chi connectivity index (χ1) is 16.3. The van der Waals surface area contributed by atoms with Crippen molar-refractivity contribution in [3.05, 3.63) is 92.4 Å². The average molecular weight is 566 g/mol. The Balaban J connectivity index is 1.92. The van der Waals surface area contributed by atoms with E-state index in [9.17, 15) is 26.4 Å².